The molecule has 0 heterocycles. The number of hydrogen-bond donors (Lipinski definition) is 1. The van der Waals surface area contributed by atoms with Crippen LogP contribution < -0.4 is 5.32 Å². The molecule has 0 radical (unpaired) electrons. The summed E-state index contributed by atoms with van der Waals surface area (Å²) in [5.41, 5.74) is 0. The van der Waals surface area contributed by atoms with Gasteiger partial charge in [0.25, 0.3) is 0 Å². The molecular formula is C12H25NO2S. The predicted octanol–water partition coefficient (Wildman–Crippen LogP) is 2.14. The molecule has 0 fully saturated rings. The summed E-state index contributed by atoms with van der Waals surface area (Å²) >= 11 is 0. The van der Waals surface area contributed by atoms with Crippen LogP contribution in [-0.2, 0) is 9.84 Å². The molecule has 16 heavy (non-hydrogen) atoms. The van der Waals surface area contributed by atoms with E-state index in [0.717, 1.165) is 32.2 Å². The first-order chi connectivity index (χ1) is 7.43. The van der Waals surface area contributed by atoms with Crippen LogP contribution in [0.25, 0.3) is 0 Å². The molecule has 0 amide bonds. The molecule has 0 bridgehead atoms. The number of allylic oxidation sites excluding steroid dienone is 1. The van der Waals surface area contributed by atoms with Crippen LogP contribution in [0, 0.1) is 0 Å². The van der Waals surface area contributed by atoms with Crippen LogP contribution >= 0.6 is 0 Å². The molecule has 0 aliphatic carbocycles. The van der Waals surface area contributed by atoms with Gasteiger partial charge in [-0.15, -0.1) is 6.58 Å². The van der Waals surface area contributed by atoms with Crippen molar-refractivity contribution in [1.82, 2.24) is 5.32 Å². The molecule has 0 aliphatic heterocycles. The van der Waals surface area contributed by atoms with Gasteiger partial charge in [0.15, 0.2) is 9.84 Å². The van der Waals surface area contributed by atoms with Crippen molar-refractivity contribution in [2.45, 2.75) is 50.8 Å². The summed E-state index contributed by atoms with van der Waals surface area (Å²) in [4.78, 5) is 0. The number of rotatable bonds is 9. The standard InChI is InChI=1S/C12H25NO2S/c1-5-7-8-9-12(13-10-6-2)11(3)16(4,14)15/h5,11-13H,1,6-10H2,2-4H3. The molecule has 2 unspecified atom stereocenters. The molecule has 0 saturated carbocycles. The maximum absolute atomic E-state index is 11.5. The Bertz CT molecular complexity index is 285. The summed E-state index contributed by atoms with van der Waals surface area (Å²) in [6.07, 6.45) is 7.04. The topological polar surface area (TPSA) is 46.2 Å². The van der Waals surface area contributed by atoms with Crippen molar-refractivity contribution >= 4 is 9.84 Å². The highest BCUT2D eigenvalue weighted by Crippen LogP contribution is 2.11. The van der Waals surface area contributed by atoms with Gasteiger partial charge < -0.3 is 5.32 Å². The SMILES string of the molecule is C=CCCCC(NCCC)C(C)S(C)(=O)=O. The highest BCUT2D eigenvalue weighted by atomic mass is 32.2. The van der Waals surface area contributed by atoms with E-state index in [1.54, 1.807) is 6.92 Å². The van der Waals surface area contributed by atoms with Gasteiger partial charge in [0.05, 0.1) is 5.25 Å². The smallest absolute Gasteiger partial charge is 0.151 e. The van der Waals surface area contributed by atoms with Gasteiger partial charge >= 0.3 is 0 Å². The van der Waals surface area contributed by atoms with Gasteiger partial charge in [-0.05, 0) is 39.2 Å². The Morgan fingerprint density at radius 2 is 2.06 bits per heavy atom. The van der Waals surface area contributed by atoms with Crippen LogP contribution in [0.5, 0.6) is 0 Å². The quantitative estimate of drug-likeness (QED) is 0.501. The fraction of sp³-hybridized carbons (Fsp3) is 0.833. The average molecular weight is 247 g/mol. The van der Waals surface area contributed by atoms with Crippen molar-refractivity contribution in [3.63, 3.8) is 0 Å². The molecule has 0 spiro atoms. The van der Waals surface area contributed by atoms with Gasteiger partial charge in [-0.25, -0.2) is 8.42 Å². The predicted molar refractivity (Wildman–Crippen MR) is 70.4 cm³/mol. The third-order valence-corrected chi connectivity index (χ3v) is 4.50. The van der Waals surface area contributed by atoms with Crippen LogP contribution in [0.4, 0.5) is 0 Å². The van der Waals surface area contributed by atoms with Crippen LogP contribution in [0.1, 0.15) is 39.5 Å². The molecule has 0 aromatic carbocycles. The summed E-state index contributed by atoms with van der Waals surface area (Å²) < 4.78 is 23.0. The highest BCUT2D eigenvalue weighted by molar-refractivity contribution is 7.91. The lowest BCUT2D eigenvalue weighted by Crippen LogP contribution is -2.42. The third kappa shape index (κ3) is 6.28. The Morgan fingerprint density at radius 3 is 2.50 bits per heavy atom. The Hall–Kier alpha value is -0.350. The second kappa shape index (κ2) is 7.85. The summed E-state index contributed by atoms with van der Waals surface area (Å²) in [6.45, 7) is 8.42. The number of nitrogens with one attached hydrogen (secondary N) is 1. The zero-order valence-corrected chi connectivity index (χ0v) is 11.5. The number of unbranched alkanes of at least 4 members (excludes halogenated alkanes) is 1. The molecule has 1 N–H and O–H groups in total. The monoisotopic (exact) mass is 247 g/mol. The van der Waals surface area contributed by atoms with Crippen LogP contribution in [0.15, 0.2) is 12.7 Å². The van der Waals surface area contributed by atoms with E-state index in [4.69, 9.17) is 0 Å². The maximum atomic E-state index is 11.5. The van der Waals surface area contributed by atoms with Gasteiger partial charge in [0, 0.05) is 12.3 Å². The van der Waals surface area contributed by atoms with Gasteiger partial charge in [0.2, 0.25) is 0 Å². The minimum absolute atomic E-state index is 0.0647. The van der Waals surface area contributed by atoms with E-state index in [0.29, 0.717) is 0 Å². The van der Waals surface area contributed by atoms with E-state index in [2.05, 4.69) is 18.8 Å². The molecule has 0 aromatic rings. The Kier molecular flexibility index (Phi) is 7.68. The molecule has 3 nitrogen and oxygen atoms in total. The fourth-order valence-corrected chi connectivity index (χ4v) is 2.44. The first-order valence-corrected chi connectivity index (χ1v) is 7.92. The van der Waals surface area contributed by atoms with Crippen LogP contribution in [-0.4, -0.2) is 32.5 Å². The largest absolute Gasteiger partial charge is 0.313 e. The van der Waals surface area contributed by atoms with Crippen molar-refractivity contribution < 1.29 is 8.42 Å². The van der Waals surface area contributed by atoms with Crippen molar-refractivity contribution in [2.75, 3.05) is 12.8 Å². The lowest BCUT2D eigenvalue weighted by Gasteiger charge is -2.23. The van der Waals surface area contributed by atoms with Crippen molar-refractivity contribution in [1.29, 1.82) is 0 Å². The molecule has 0 aliphatic rings. The molecule has 2 atom stereocenters. The summed E-state index contributed by atoms with van der Waals surface area (Å²) in [5, 5.41) is 3.01. The average Bonchev–Trinajstić information content (AvgIpc) is 2.21. The van der Waals surface area contributed by atoms with Crippen molar-refractivity contribution in [2.24, 2.45) is 0 Å². The maximum Gasteiger partial charge on any atom is 0.151 e. The first-order valence-electron chi connectivity index (χ1n) is 5.96. The minimum atomic E-state index is -2.96. The lowest BCUT2D eigenvalue weighted by atomic mass is 10.1. The number of sulfone groups is 1. The third-order valence-electron chi connectivity index (χ3n) is 2.82. The van der Waals surface area contributed by atoms with Crippen LogP contribution in [0.2, 0.25) is 0 Å². The van der Waals surface area contributed by atoms with Crippen molar-refractivity contribution in [3.8, 4) is 0 Å². The summed E-state index contributed by atoms with van der Waals surface area (Å²) in [5.74, 6) is 0. The number of hydrogen-bond acceptors (Lipinski definition) is 3. The van der Waals surface area contributed by atoms with E-state index in [-0.39, 0.29) is 11.3 Å². The van der Waals surface area contributed by atoms with Gasteiger partial charge in [-0.1, -0.05) is 13.0 Å². The van der Waals surface area contributed by atoms with E-state index in [1.165, 1.54) is 6.26 Å². The van der Waals surface area contributed by atoms with E-state index >= 15 is 0 Å². The Labute approximate surface area is 100 Å². The van der Waals surface area contributed by atoms with E-state index in [9.17, 15) is 8.42 Å². The molecule has 4 heteroatoms. The van der Waals surface area contributed by atoms with Gasteiger partial charge in [0.1, 0.15) is 0 Å². The molecule has 0 saturated heterocycles. The summed E-state index contributed by atoms with van der Waals surface area (Å²) in [6, 6.07) is 0.0647. The Morgan fingerprint density at radius 1 is 1.44 bits per heavy atom. The minimum Gasteiger partial charge on any atom is -0.313 e. The summed E-state index contributed by atoms with van der Waals surface area (Å²) in [7, 11) is -2.96. The molecule has 0 rings (SSSR count). The van der Waals surface area contributed by atoms with E-state index < -0.39 is 9.84 Å². The second-order valence-corrected chi connectivity index (χ2v) is 6.72. The highest BCUT2D eigenvalue weighted by Gasteiger charge is 2.24. The van der Waals surface area contributed by atoms with Gasteiger partial charge in [-0.3, -0.25) is 0 Å². The van der Waals surface area contributed by atoms with E-state index in [1.807, 2.05) is 6.08 Å². The molecular weight excluding hydrogens is 222 g/mol. The Balaban J connectivity index is 4.34. The molecule has 0 aromatic heterocycles. The zero-order chi connectivity index (χ0) is 12.6. The van der Waals surface area contributed by atoms with Gasteiger partial charge in [-0.2, -0.15) is 0 Å². The zero-order valence-electron chi connectivity index (χ0n) is 10.7. The van der Waals surface area contributed by atoms with Crippen LogP contribution in [0.3, 0.4) is 0 Å². The van der Waals surface area contributed by atoms with Crippen molar-refractivity contribution in [3.05, 3.63) is 12.7 Å². The fourth-order valence-electron chi connectivity index (χ4n) is 1.61. The lowest BCUT2D eigenvalue weighted by molar-refractivity contribution is 0.450. The normalized spacial score (nSPS) is 15.7. The molecule has 96 valence electrons. The first kappa shape index (κ1) is 15.7. The second-order valence-electron chi connectivity index (χ2n) is 4.31.